The van der Waals surface area contributed by atoms with Gasteiger partial charge in [-0.25, -0.2) is 13.4 Å². The van der Waals surface area contributed by atoms with Crippen molar-refractivity contribution in [3.05, 3.63) is 77.3 Å². The van der Waals surface area contributed by atoms with E-state index in [9.17, 15) is 13.2 Å². The molecule has 0 bridgehead atoms. The number of amides is 1. The maximum absolute atomic E-state index is 13.4. The minimum atomic E-state index is -3.54. The van der Waals surface area contributed by atoms with Crippen molar-refractivity contribution in [2.75, 3.05) is 24.9 Å². The highest BCUT2D eigenvalue weighted by atomic mass is 35.5. The van der Waals surface area contributed by atoms with Gasteiger partial charge in [-0.05, 0) is 48.4 Å². The van der Waals surface area contributed by atoms with E-state index in [2.05, 4.69) is 4.98 Å². The summed E-state index contributed by atoms with van der Waals surface area (Å²) in [4.78, 5) is 19.8. The molecule has 3 aromatic carbocycles. The Morgan fingerprint density at radius 3 is 2.39 bits per heavy atom. The number of nitrogens with zero attached hydrogens (tertiary/aromatic N) is 2. The van der Waals surface area contributed by atoms with E-state index >= 15 is 0 Å². The fraction of sp³-hybridized carbons (Fsp3) is 0.231. The summed E-state index contributed by atoms with van der Waals surface area (Å²) in [6.07, 6.45) is 0.219. The van der Waals surface area contributed by atoms with Crippen LogP contribution in [0.3, 0.4) is 0 Å². The van der Waals surface area contributed by atoms with Crippen LogP contribution < -0.4 is 14.4 Å². The van der Waals surface area contributed by atoms with E-state index in [0.29, 0.717) is 33.7 Å². The van der Waals surface area contributed by atoms with Gasteiger partial charge >= 0.3 is 0 Å². The van der Waals surface area contributed by atoms with Crippen LogP contribution in [0.2, 0.25) is 5.02 Å². The number of anilines is 1. The van der Waals surface area contributed by atoms with E-state index in [0.717, 1.165) is 10.3 Å². The zero-order valence-corrected chi connectivity index (χ0v) is 22.2. The van der Waals surface area contributed by atoms with Crippen LogP contribution in [0, 0.1) is 0 Å². The number of ether oxygens (including phenoxy) is 2. The first-order valence-electron chi connectivity index (χ1n) is 11.2. The van der Waals surface area contributed by atoms with Gasteiger partial charge < -0.3 is 9.47 Å². The van der Waals surface area contributed by atoms with Gasteiger partial charge in [0.05, 0.1) is 41.1 Å². The van der Waals surface area contributed by atoms with Crippen molar-refractivity contribution in [1.82, 2.24) is 4.98 Å². The fourth-order valence-corrected chi connectivity index (χ4v) is 6.28. The highest BCUT2D eigenvalue weighted by molar-refractivity contribution is 7.91. The van der Waals surface area contributed by atoms with Gasteiger partial charge in [0.2, 0.25) is 5.91 Å². The Morgan fingerprint density at radius 1 is 1.00 bits per heavy atom. The van der Waals surface area contributed by atoms with E-state index in [-0.39, 0.29) is 29.4 Å². The van der Waals surface area contributed by atoms with Crippen molar-refractivity contribution < 1.29 is 22.7 Å². The minimum Gasteiger partial charge on any atom is -0.497 e. The van der Waals surface area contributed by atoms with E-state index in [1.165, 1.54) is 30.6 Å². The Balaban J connectivity index is 1.55. The zero-order valence-electron chi connectivity index (χ0n) is 19.8. The Morgan fingerprint density at radius 2 is 1.72 bits per heavy atom. The summed E-state index contributed by atoms with van der Waals surface area (Å²) in [5, 5.41) is 0.996. The van der Waals surface area contributed by atoms with Crippen LogP contribution >= 0.6 is 22.9 Å². The molecule has 0 spiro atoms. The first-order chi connectivity index (χ1) is 17.3. The molecule has 36 heavy (non-hydrogen) atoms. The number of fused-ring (bicyclic) bond motifs is 1. The van der Waals surface area contributed by atoms with E-state index in [1.807, 2.05) is 30.3 Å². The molecule has 7 nitrogen and oxygen atoms in total. The normalized spacial score (nSPS) is 11.4. The molecule has 0 aliphatic carbocycles. The number of benzene rings is 3. The lowest BCUT2D eigenvalue weighted by atomic mass is 10.2. The van der Waals surface area contributed by atoms with Gasteiger partial charge in [-0.3, -0.25) is 9.69 Å². The summed E-state index contributed by atoms with van der Waals surface area (Å²) in [6, 6.07) is 19.3. The van der Waals surface area contributed by atoms with Crippen LogP contribution in [-0.4, -0.2) is 39.3 Å². The molecule has 0 N–H and O–H groups in total. The number of carbonyl (C=O) groups excluding carboxylic acids is 1. The number of carbonyl (C=O) groups is 1. The van der Waals surface area contributed by atoms with Gasteiger partial charge in [-0.1, -0.05) is 53.3 Å². The molecular formula is C26H25ClN2O5S2. The average molecular weight is 545 g/mol. The predicted octanol–water partition coefficient (Wildman–Crippen LogP) is 5.75. The van der Waals surface area contributed by atoms with Gasteiger partial charge in [-0.2, -0.15) is 0 Å². The third kappa shape index (κ3) is 5.80. The van der Waals surface area contributed by atoms with E-state index in [1.54, 1.807) is 36.3 Å². The standard InChI is InChI=1S/C26H25ClN2O5S2/c1-33-19-10-12-20(13-11-19)36(31,32)16-6-9-23(30)29(17-18-7-4-3-5-8-18)26-28-24-22(34-2)15-14-21(27)25(24)35-26/h3-5,7-8,10-15H,6,9,16-17H2,1-2H3. The third-order valence-electron chi connectivity index (χ3n) is 5.60. The summed E-state index contributed by atoms with van der Waals surface area (Å²) in [5.41, 5.74) is 1.51. The molecule has 0 radical (unpaired) electrons. The second-order valence-electron chi connectivity index (χ2n) is 7.99. The van der Waals surface area contributed by atoms with Crippen molar-refractivity contribution in [3.63, 3.8) is 0 Å². The molecule has 0 fully saturated rings. The second-order valence-corrected chi connectivity index (χ2v) is 11.5. The van der Waals surface area contributed by atoms with Crippen molar-refractivity contribution >= 4 is 54.0 Å². The molecule has 1 heterocycles. The Labute approximate surface area is 219 Å². The van der Waals surface area contributed by atoms with Crippen LogP contribution in [0.4, 0.5) is 5.13 Å². The molecular weight excluding hydrogens is 520 g/mol. The third-order valence-corrected chi connectivity index (χ3v) is 8.96. The molecule has 188 valence electrons. The molecule has 0 atom stereocenters. The second kappa shape index (κ2) is 11.3. The minimum absolute atomic E-state index is 0.0447. The van der Waals surface area contributed by atoms with Crippen LogP contribution in [-0.2, 0) is 21.2 Å². The molecule has 0 unspecified atom stereocenters. The molecule has 4 aromatic rings. The zero-order chi connectivity index (χ0) is 25.7. The Bertz CT molecular complexity index is 1460. The number of methoxy groups -OCH3 is 2. The van der Waals surface area contributed by atoms with Crippen LogP contribution in [0.1, 0.15) is 18.4 Å². The number of thiazole rings is 1. The smallest absolute Gasteiger partial charge is 0.229 e. The molecule has 10 heteroatoms. The van der Waals surface area contributed by atoms with Gasteiger partial charge in [-0.15, -0.1) is 0 Å². The first-order valence-corrected chi connectivity index (χ1v) is 14.0. The van der Waals surface area contributed by atoms with Gasteiger partial charge in [0.25, 0.3) is 0 Å². The highest BCUT2D eigenvalue weighted by Gasteiger charge is 2.23. The SMILES string of the molecule is COc1ccc(S(=O)(=O)CCCC(=O)N(Cc2ccccc2)c2nc3c(OC)ccc(Cl)c3s2)cc1. The number of hydrogen-bond donors (Lipinski definition) is 0. The van der Waals surface area contributed by atoms with Gasteiger partial charge in [0.15, 0.2) is 15.0 Å². The van der Waals surface area contributed by atoms with Crippen molar-refractivity contribution in [1.29, 1.82) is 0 Å². The number of rotatable bonds is 10. The van der Waals surface area contributed by atoms with Gasteiger partial charge in [0.1, 0.15) is 17.0 Å². The lowest BCUT2D eigenvalue weighted by Gasteiger charge is -2.20. The van der Waals surface area contributed by atoms with E-state index in [4.69, 9.17) is 21.1 Å². The quantitative estimate of drug-likeness (QED) is 0.252. The molecule has 0 aliphatic heterocycles. The summed E-state index contributed by atoms with van der Waals surface area (Å²) < 4.78 is 36.8. The summed E-state index contributed by atoms with van der Waals surface area (Å²) in [5.74, 6) is 0.768. The van der Waals surface area contributed by atoms with E-state index < -0.39 is 9.84 Å². The van der Waals surface area contributed by atoms with Crippen molar-refractivity contribution in [2.24, 2.45) is 0 Å². The number of sulfone groups is 1. The molecule has 1 amide bonds. The monoisotopic (exact) mass is 544 g/mol. The largest absolute Gasteiger partial charge is 0.497 e. The first kappa shape index (κ1) is 25.9. The number of aromatic nitrogens is 1. The maximum Gasteiger partial charge on any atom is 0.229 e. The molecule has 0 saturated carbocycles. The summed E-state index contributed by atoms with van der Waals surface area (Å²) >= 11 is 7.69. The molecule has 4 rings (SSSR count). The number of halogens is 1. The van der Waals surface area contributed by atoms with Crippen LogP contribution in [0.25, 0.3) is 10.2 Å². The maximum atomic E-state index is 13.4. The Hall–Kier alpha value is -3.14. The molecule has 0 aliphatic rings. The summed E-state index contributed by atoms with van der Waals surface area (Å²) in [7, 11) is -0.466. The topological polar surface area (TPSA) is 85.8 Å². The lowest BCUT2D eigenvalue weighted by molar-refractivity contribution is -0.118. The number of hydrogen-bond acceptors (Lipinski definition) is 7. The fourth-order valence-electron chi connectivity index (χ4n) is 3.70. The lowest BCUT2D eigenvalue weighted by Crippen LogP contribution is -2.30. The average Bonchev–Trinajstić information content (AvgIpc) is 3.34. The van der Waals surface area contributed by atoms with Crippen molar-refractivity contribution in [2.45, 2.75) is 24.3 Å². The van der Waals surface area contributed by atoms with Gasteiger partial charge in [0, 0.05) is 6.42 Å². The molecule has 0 saturated heterocycles. The summed E-state index contributed by atoms with van der Waals surface area (Å²) in [6.45, 7) is 0.296. The predicted molar refractivity (Wildman–Crippen MR) is 143 cm³/mol. The van der Waals surface area contributed by atoms with Crippen LogP contribution in [0.15, 0.2) is 71.6 Å². The Kier molecular flexibility index (Phi) is 8.13. The highest BCUT2D eigenvalue weighted by Crippen LogP contribution is 2.39. The van der Waals surface area contributed by atoms with Crippen LogP contribution in [0.5, 0.6) is 11.5 Å². The van der Waals surface area contributed by atoms with Crippen molar-refractivity contribution in [3.8, 4) is 11.5 Å². The molecule has 1 aromatic heterocycles.